The summed E-state index contributed by atoms with van der Waals surface area (Å²) in [5.74, 6) is 10.5. The lowest BCUT2D eigenvalue weighted by atomic mass is 9.43. The molecule has 1 heteroatoms. The molecule has 2 aliphatic heterocycles. The zero-order valence-corrected chi connectivity index (χ0v) is 20.2. The van der Waals surface area contributed by atoms with Crippen LogP contribution < -0.4 is 0 Å². The quantitative estimate of drug-likeness (QED) is 0.249. The molecule has 1 nitrogen and oxygen atoms in total. The van der Waals surface area contributed by atoms with Crippen molar-refractivity contribution in [3.8, 4) is 11.8 Å². The van der Waals surface area contributed by atoms with Crippen molar-refractivity contribution in [1.29, 1.82) is 0 Å². The molecule has 7 atom stereocenters. The molecule has 7 unspecified atom stereocenters. The van der Waals surface area contributed by atoms with Crippen LogP contribution >= 0.6 is 0 Å². The summed E-state index contributed by atoms with van der Waals surface area (Å²) >= 11 is 0. The number of rotatable bonds is 1. The van der Waals surface area contributed by atoms with Crippen molar-refractivity contribution in [2.75, 3.05) is 13.1 Å². The molecule has 7 rings (SSSR count). The molecule has 168 valence electrons. The third-order valence-electron chi connectivity index (χ3n) is 12.7. The van der Waals surface area contributed by atoms with Crippen molar-refractivity contribution in [2.45, 2.75) is 116 Å². The first kappa shape index (κ1) is 19.7. The van der Waals surface area contributed by atoms with E-state index in [0.717, 1.165) is 17.8 Å². The Kier molecular flexibility index (Phi) is 4.09. The van der Waals surface area contributed by atoms with Crippen molar-refractivity contribution in [1.82, 2.24) is 4.90 Å². The molecule has 5 aliphatic carbocycles. The Morgan fingerprint density at radius 1 is 0.903 bits per heavy atom. The van der Waals surface area contributed by atoms with Crippen molar-refractivity contribution >= 4 is 0 Å². The molecule has 0 aromatic carbocycles. The van der Waals surface area contributed by atoms with Gasteiger partial charge in [-0.05, 0) is 80.5 Å². The predicted octanol–water partition coefficient (Wildman–Crippen LogP) is 7.12. The molecule has 2 bridgehead atoms. The normalized spacial score (nSPS) is 53.2. The maximum Gasteiger partial charge on any atom is 0.0374 e. The highest BCUT2D eigenvalue weighted by Crippen LogP contribution is 2.80. The smallest absolute Gasteiger partial charge is 0.0374 e. The van der Waals surface area contributed by atoms with Crippen LogP contribution in [0, 0.1) is 45.8 Å². The Morgan fingerprint density at radius 3 is 2.65 bits per heavy atom. The van der Waals surface area contributed by atoms with Gasteiger partial charge in [-0.2, -0.15) is 0 Å². The van der Waals surface area contributed by atoms with Gasteiger partial charge in [0.05, 0.1) is 0 Å². The third kappa shape index (κ3) is 2.30. The molecule has 0 radical (unpaired) electrons. The molecular weight excluding hydrogens is 374 g/mol. The maximum absolute atomic E-state index is 3.89. The zero-order chi connectivity index (χ0) is 20.9. The second kappa shape index (κ2) is 6.44. The second-order valence-electron chi connectivity index (χ2n) is 13.3. The summed E-state index contributed by atoms with van der Waals surface area (Å²) in [7, 11) is 0. The van der Waals surface area contributed by atoms with Crippen LogP contribution in [0.4, 0.5) is 0 Å². The van der Waals surface area contributed by atoms with E-state index in [-0.39, 0.29) is 0 Å². The number of hydrogen-bond donors (Lipinski definition) is 0. The highest BCUT2D eigenvalue weighted by Gasteiger charge is 2.74. The Hall–Kier alpha value is -0.740. The minimum atomic E-state index is 0.398. The predicted molar refractivity (Wildman–Crippen MR) is 127 cm³/mol. The summed E-state index contributed by atoms with van der Waals surface area (Å²) in [6.07, 6.45) is 21.5. The van der Waals surface area contributed by atoms with Gasteiger partial charge in [0.15, 0.2) is 0 Å². The molecule has 0 N–H and O–H groups in total. The minimum Gasteiger partial charge on any atom is -0.294 e. The molecule has 31 heavy (non-hydrogen) atoms. The summed E-state index contributed by atoms with van der Waals surface area (Å²) < 4.78 is 0. The van der Waals surface area contributed by atoms with Gasteiger partial charge in [-0.25, -0.2) is 0 Å². The van der Waals surface area contributed by atoms with E-state index in [0.29, 0.717) is 21.8 Å². The van der Waals surface area contributed by atoms with E-state index < -0.39 is 0 Å². The summed E-state index contributed by atoms with van der Waals surface area (Å²) in [5.41, 5.74) is 5.73. The Bertz CT molecular complexity index is 882. The highest BCUT2D eigenvalue weighted by molar-refractivity contribution is 5.43. The van der Waals surface area contributed by atoms with Gasteiger partial charge in [0.2, 0.25) is 0 Å². The molecule has 4 saturated carbocycles. The topological polar surface area (TPSA) is 3.01 Å². The van der Waals surface area contributed by atoms with Crippen LogP contribution in [0.15, 0.2) is 11.1 Å². The van der Waals surface area contributed by atoms with Gasteiger partial charge in [0, 0.05) is 36.9 Å². The molecular formula is C30H43N. The summed E-state index contributed by atoms with van der Waals surface area (Å²) in [5, 5.41) is 0. The van der Waals surface area contributed by atoms with Gasteiger partial charge < -0.3 is 0 Å². The van der Waals surface area contributed by atoms with Gasteiger partial charge in [-0.1, -0.05) is 56.6 Å². The van der Waals surface area contributed by atoms with Crippen LogP contribution in [0.2, 0.25) is 0 Å². The van der Waals surface area contributed by atoms with E-state index in [1.807, 2.05) is 5.57 Å². The van der Waals surface area contributed by atoms with Gasteiger partial charge in [-0.15, -0.1) is 11.8 Å². The average Bonchev–Trinajstić information content (AvgIpc) is 3.11. The molecule has 2 heterocycles. The van der Waals surface area contributed by atoms with Gasteiger partial charge >= 0.3 is 0 Å². The van der Waals surface area contributed by atoms with Crippen LogP contribution in [0.1, 0.15) is 110 Å². The Morgan fingerprint density at radius 2 is 1.77 bits per heavy atom. The van der Waals surface area contributed by atoms with Gasteiger partial charge in [-0.3, -0.25) is 4.90 Å². The lowest BCUT2D eigenvalue weighted by molar-refractivity contribution is -0.114. The Balaban J connectivity index is 1.35. The molecule has 7 aliphatic rings. The summed E-state index contributed by atoms with van der Waals surface area (Å²) in [6, 6.07) is 0. The van der Waals surface area contributed by atoms with Crippen molar-refractivity contribution in [3.63, 3.8) is 0 Å². The first-order valence-electron chi connectivity index (χ1n) is 13.9. The third-order valence-corrected chi connectivity index (χ3v) is 12.7. The standard InChI is InChI=1S/C30H43N/c1-22-13-18-30-25(23-9-4-3-5-10-23)14-17-28(19-26(22)30)20-31-21-29(31)16-8-12-24(29)11-6-7-15-27(28,30)2/h23-25H,3-5,8-21H2,1-2H3. The van der Waals surface area contributed by atoms with E-state index in [1.54, 1.807) is 5.57 Å². The van der Waals surface area contributed by atoms with E-state index in [9.17, 15) is 0 Å². The fraction of sp³-hybridized carbons (Fsp3) is 0.867. The first-order chi connectivity index (χ1) is 15.0. The summed E-state index contributed by atoms with van der Waals surface area (Å²) in [4.78, 5) is 3.00. The van der Waals surface area contributed by atoms with E-state index in [4.69, 9.17) is 0 Å². The molecule has 0 amide bonds. The van der Waals surface area contributed by atoms with Crippen molar-refractivity contribution in [2.24, 2.45) is 34.0 Å². The lowest BCUT2D eigenvalue weighted by Crippen LogP contribution is -2.56. The lowest BCUT2D eigenvalue weighted by Gasteiger charge is -2.61. The molecule has 2 spiro atoms. The molecule has 1 saturated heterocycles. The SMILES string of the molecule is CC1=C2CC34CCC(C5CCCCC5)C2(CC1)C3(C)CC#CCC1CCCC12CN2C4. The van der Waals surface area contributed by atoms with Crippen LogP contribution in [0.3, 0.4) is 0 Å². The highest BCUT2D eigenvalue weighted by atomic mass is 15.4. The molecule has 0 aromatic heterocycles. The second-order valence-corrected chi connectivity index (χ2v) is 13.3. The van der Waals surface area contributed by atoms with Crippen molar-refractivity contribution in [3.05, 3.63) is 11.1 Å². The fourth-order valence-corrected chi connectivity index (χ4v) is 11.0. The molecule has 5 fully saturated rings. The minimum absolute atomic E-state index is 0.398. The van der Waals surface area contributed by atoms with Gasteiger partial charge in [0.1, 0.15) is 0 Å². The largest absolute Gasteiger partial charge is 0.294 e. The zero-order valence-electron chi connectivity index (χ0n) is 20.2. The maximum atomic E-state index is 3.89. The number of nitrogens with zero attached hydrogens (tertiary/aromatic N) is 1. The first-order valence-corrected chi connectivity index (χ1v) is 13.9. The number of allylic oxidation sites excluding steroid dienone is 2. The number of hydrogen-bond acceptors (Lipinski definition) is 1. The van der Waals surface area contributed by atoms with Crippen molar-refractivity contribution < 1.29 is 0 Å². The van der Waals surface area contributed by atoms with Gasteiger partial charge in [0.25, 0.3) is 0 Å². The Labute approximate surface area is 190 Å². The van der Waals surface area contributed by atoms with Crippen LogP contribution in [0.5, 0.6) is 0 Å². The molecule has 0 aromatic rings. The van der Waals surface area contributed by atoms with Crippen LogP contribution in [0.25, 0.3) is 0 Å². The van der Waals surface area contributed by atoms with Crippen LogP contribution in [-0.4, -0.2) is 23.5 Å². The van der Waals surface area contributed by atoms with E-state index in [1.165, 1.54) is 109 Å². The van der Waals surface area contributed by atoms with Crippen LogP contribution in [-0.2, 0) is 0 Å². The summed E-state index contributed by atoms with van der Waals surface area (Å²) in [6.45, 7) is 8.09. The average molecular weight is 418 g/mol. The van der Waals surface area contributed by atoms with E-state index >= 15 is 0 Å². The monoisotopic (exact) mass is 417 g/mol. The van der Waals surface area contributed by atoms with E-state index in [2.05, 4.69) is 30.6 Å². The fourth-order valence-electron chi connectivity index (χ4n) is 11.0.